The molecule has 0 bridgehead atoms. The number of hydrogen-bond acceptors (Lipinski definition) is 9. The summed E-state index contributed by atoms with van der Waals surface area (Å²) in [6.07, 6.45) is -4.73. The van der Waals surface area contributed by atoms with Crippen LogP contribution in [0.25, 0.3) is 0 Å². The Morgan fingerprint density at radius 2 is 1.23 bits per heavy atom. The molecule has 0 aromatic heterocycles. The number of nitro groups is 2. The zero-order chi connectivity index (χ0) is 31.8. The fourth-order valence-electron chi connectivity index (χ4n) is 5.46. The molecule has 0 spiro atoms. The first-order chi connectivity index (χ1) is 20.8. The first-order valence-electron chi connectivity index (χ1n) is 13.7. The number of nitrogens with zero attached hydrogens (tertiary/aromatic N) is 6. The number of sulfonamides is 1. The number of aryl methyl sites for hydroxylation is 1. The number of benzene rings is 3. The maximum Gasteiger partial charge on any atom is 0.416 e. The Balaban J connectivity index is 1.31. The lowest BCUT2D eigenvalue weighted by Crippen LogP contribution is -2.49. The highest BCUT2D eigenvalue weighted by Gasteiger charge is 2.35. The van der Waals surface area contributed by atoms with Crippen LogP contribution in [0.4, 0.5) is 41.6 Å². The first kappa shape index (κ1) is 31.0. The summed E-state index contributed by atoms with van der Waals surface area (Å²) in [7, 11) is -3.67. The van der Waals surface area contributed by atoms with Gasteiger partial charge in [0.1, 0.15) is 11.4 Å². The fourth-order valence-corrected chi connectivity index (χ4v) is 6.89. The van der Waals surface area contributed by atoms with Crippen molar-refractivity contribution in [3.63, 3.8) is 0 Å². The number of alkyl halides is 3. The van der Waals surface area contributed by atoms with Gasteiger partial charge < -0.3 is 14.7 Å². The minimum Gasteiger partial charge on any atom is -0.369 e. The SMILES string of the molecule is Cc1ccc(S(=O)(=O)N2CCN(c3ccc([N+](=O)[O-])c(N4CCN(c5ccc(C(F)(F)F)cc5[N+](=O)[O-])CC4)c3)CC2)cc1. The van der Waals surface area contributed by atoms with Crippen LogP contribution in [0.5, 0.6) is 0 Å². The molecule has 234 valence electrons. The van der Waals surface area contributed by atoms with Crippen molar-refractivity contribution >= 4 is 38.5 Å². The molecular formula is C28H29F3N6O6S. The average Bonchev–Trinajstić information content (AvgIpc) is 3.00. The van der Waals surface area contributed by atoms with Crippen molar-refractivity contribution in [1.29, 1.82) is 0 Å². The Bertz CT molecular complexity index is 1670. The van der Waals surface area contributed by atoms with Gasteiger partial charge in [0.2, 0.25) is 10.0 Å². The monoisotopic (exact) mass is 634 g/mol. The third-order valence-electron chi connectivity index (χ3n) is 7.88. The summed E-state index contributed by atoms with van der Waals surface area (Å²) in [5, 5.41) is 23.5. The second-order valence-corrected chi connectivity index (χ2v) is 12.5. The summed E-state index contributed by atoms with van der Waals surface area (Å²) in [5.74, 6) is 0. The van der Waals surface area contributed by atoms with Gasteiger partial charge in [0, 0.05) is 70.2 Å². The predicted octanol–water partition coefficient (Wildman–Crippen LogP) is 4.67. The molecule has 3 aromatic rings. The highest BCUT2D eigenvalue weighted by Crippen LogP contribution is 2.38. The highest BCUT2D eigenvalue weighted by molar-refractivity contribution is 7.89. The van der Waals surface area contributed by atoms with Crippen LogP contribution in [0.2, 0.25) is 0 Å². The number of hydrogen-bond donors (Lipinski definition) is 0. The van der Waals surface area contributed by atoms with Crippen molar-refractivity contribution in [3.05, 3.63) is 92.0 Å². The molecule has 0 radical (unpaired) electrons. The van der Waals surface area contributed by atoms with Gasteiger partial charge in [-0.25, -0.2) is 8.42 Å². The molecular weight excluding hydrogens is 605 g/mol. The van der Waals surface area contributed by atoms with E-state index in [1.54, 1.807) is 46.2 Å². The van der Waals surface area contributed by atoms with Crippen LogP contribution in [0.3, 0.4) is 0 Å². The van der Waals surface area contributed by atoms with Crippen LogP contribution in [0, 0.1) is 27.2 Å². The van der Waals surface area contributed by atoms with Crippen LogP contribution in [-0.2, 0) is 16.2 Å². The van der Waals surface area contributed by atoms with Gasteiger partial charge in [-0.15, -0.1) is 0 Å². The maximum atomic E-state index is 13.1. The van der Waals surface area contributed by atoms with E-state index in [1.165, 1.54) is 10.4 Å². The summed E-state index contributed by atoms with van der Waals surface area (Å²) in [4.78, 5) is 27.7. The largest absolute Gasteiger partial charge is 0.416 e. The quantitative estimate of drug-likeness (QED) is 0.269. The molecule has 0 atom stereocenters. The minimum atomic E-state index is -4.73. The number of nitro benzene ring substituents is 2. The van der Waals surface area contributed by atoms with Crippen LogP contribution in [0.1, 0.15) is 11.1 Å². The third-order valence-corrected chi connectivity index (χ3v) is 9.79. The highest BCUT2D eigenvalue weighted by atomic mass is 32.2. The molecule has 5 rings (SSSR count). The molecule has 0 saturated carbocycles. The molecule has 2 saturated heterocycles. The molecule has 0 amide bonds. The molecule has 44 heavy (non-hydrogen) atoms. The van der Waals surface area contributed by atoms with Crippen LogP contribution >= 0.6 is 0 Å². The second-order valence-electron chi connectivity index (χ2n) is 10.6. The second kappa shape index (κ2) is 11.9. The van der Waals surface area contributed by atoms with Crippen molar-refractivity contribution in [2.75, 3.05) is 67.1 Å². The van der Waals surface area contributed by atoms with Crippen molar-refractivity contribution in [2.45, 2.75) is 18.0 Å². The first-order valence-corrected chi connectivity index (χ1v) is 15.2. The van der Waals surface area contributed by atoms with E-state index in [9.17, 15) is 41.8 Å². The van der Waals surface area contributed by atoms with E-state index in [2.05, 4.69) is 0 Å². The Hall–Kier alpha value is -4.44. The molecule has 12 nitrogen and oxygen atoms in total. The van der Waals surface area contributed by atoms with Crippen molar-refractivity contribution in [2.24, 2.45) is 0 Å². The van der Waals surface area contributed by atoms with E-state index in [0.29, 0.717) is 30.5 Å². The molecule has 0 unspecified atom stereocenters. The average molecular weight is 635 g/mol. The van der Waals surface area contributed by atoms with Crippen LogP contribution in [0.15, 0.2) is 65.6 Å². The summed E-state index contributed by atoms with van der Waals surface area (Å²) in [5.41, 5.74) is 0.0951. The van der Waals surface area contributed by atoms with Gasteiger partial charge in [-0.2, -0.15) is 17.5 Å². The van der Waals surface area contributed by atoms with Gasteiger partial charge in [0.15, 0.2) is 0 Å². The van der Waals surface area contributed by atoms with Gasteiger partial charge in [0.05, 0.1) is 20.3 Å². The lowest BCUT2D eigenvalue weighted by molar-refractivity contribution is -0.384. The Kier molecular flexibility index (Phi) is 8.40. The third kappa shape index (κ3) is 6.26. The predicted molar refractivity (Wildman–Crippen MR) is 158 cm³/mol. The van der Waals surface area contributed by atoms with E-state index >= 15 is 0 Å². The van der Waals surface area contributed by atoms with Crippen molar-refractivity contribution < 1.29 is 31.4 Å². The van der Waals surface area contributed by atoms with Gasteiger partial charge >= 0.3 is 6.18 Å². The van der Waals surface area contributed by atoms with E-state index in [4.69, 9.17) is 0 Å². The Labute approximate surface area is 251 Å². The minimum absolute atomic E-state index is 0.0457. The van der Waals surface area contributed by atoms with Gasteiger partial charge in [-0.05, 0) is 43.3 Å². The Morgan fingerprint density at radius 1 is 0.682 bits per heavy atom. The van der Waals surface area contributed by atoms with Crippen molar-refractivity contribution in [3.8, 4) is 0 Å². The van der Waals surface area contributed by atoms with Crippen molar-refractivity contribution in [1.82, 2.24) is 4.31 Å². The maximum absolute atomic E-state index is 13.1. The molecule has 0 aliphatic carbocycles. The standard InChI is InChI=1S/C28H29F3N6O6S/c1-20-2-6-23(7-3-20)44(42,43)35-16-14-32(15-17-35)22-5-9-25(36(38)39)26(19-22)34-12-10-33(11-13-34)24-8-4-21(28(29,30)31)18-27(24)37(40)41/h2-9,18-19H,10-17H2,1H3. The summed E-state index contributed by atoms with van der Waals surface area (Å²) in [6.45, 7) is 3.89. The van der Waals surface area contributed by atoms with E-state index in [1.807, 2.05) is 11.8 Å². The van der Waals surface area contributed by atoms with Crippen LogP contribution < -0.4 is 14.7 Å². The molecule has 2 heterocycles. The molecule has 16 heteroatoms. The van der Waals surface area contributed by atoms with E-state index in [0.717, 1.165) is 17.7 Å². The van der Waals surface area contributed by atoms with E-state index < -0.39 is 37.3 Å². The zero-order valence-electron chi connectivity index (χ0n) is 23.6. The fraction of sp³-hybridized carbons (Fsp3) is 0.357. The smallest absolute Gasteiger partial charge is 0.369 e. The lowest BCUT2D eigenvalue weighted by atomic mass is 10.1. The Morgan fingerprint density at radius 3 is 1.77 bits per heavy atom. The number of rotatable bonds is 7. The molecule has 2 aliphatic rings. The topological polar surface area (TPSA) is 133 Å². The molecule has 0 N–H and O–H groups in total. The lowest BCUT2D eigenvalue weighted by Gasteiger charge is -2.38. The van der Waals surface area contributed by atoms with Gasteiger partial charge in [-0.3, -0.25) is 20.2 Å². The number of halogens is 3. The van der Waals surface area contributed by atoms with Gasteiger partial charge in [-0.1, -0.05) is 17.7 Å². The normalized spacial score (nSPS) is 16.7. The van der Waals surface area contributed by atoms with Gasteiger partial charge in [0.25, 0.3) is 11.4 Å². The number of anilines is 3. The summed E-state index contributed by atoms with van der Waals surface area (Å²) < 4.78 is 67.0. The molecule has 2 aliphatic heterocycles. The van der Waals surface area contributed by atoms with Crippen LogP contribution in [-0.4, -0.2) is 74.9 Å². The molecule has 3 aromatic carbocycles. The number of piperazine rings is 2. The zero-order valence-corrected chi connectivity index (χ0v) is 24.4. The van der Waals surface area contributed by atoms with E-state index in [-0.39, 0.29) is 55.5 Å². The molecule has 2 fully saturated rings. The summed E-state index contributed by atoms with van der Waals surface area (Å²) >= 11 is 0. The summed E-state index contributed by atoms with van der Waals surface area (Å²) in [6, 6.07) is 13.7.